The molecule has 0 aliphatic carbocycles. The minimum absolute atomic E-state index is 0.274. The molecule has 2 atom stereocenters. The molecule has 0 radical (unpaired) electrons. The second kappa shape index (κ2) is 6.33. The Labute approximate surface area is 119 Å². The Kier molecular flexibility index (Phi) is 4.73. The van der Waals surface area contributed by atoms with E-state index in [-0.39, 0.29) is 5.82 Å². The summed E-state index contributed by atoms with van der Waals surface area (Å²) in [6.45, 7) is 5.88. The predicted octanol–water partition coefficient (Wildman–Crippen LogP) is 2.05. The molecule has 1 aromatic carbocycles. The Hall–Kier alpha value is -1.46. The van der Waals surface area contributed by atoms with E-state index in [0.29, 0.717) is 29.6 Å². The summed E-state index contributed by atoms with van der Waals surface area (Å²) in [4.78, 5) is 13.8. The van der Waals surface area contributed by atoms with Crippen LogP contribution in [0.4, 0.5) is 4.39 Å². The topological polar surface area (TPSA) is 58.4 Å². The van der Waals surface area contributed by atoms with E-state index in [2.05, 4.69) is 24.2 Å². The number of carbonyl (C=O) groups excluding carboxylic acids is 1. The zero-order chi connectivity index (χ0) is 14.7. The maximum atomic E-state index is 13.9. The smallest absolute Gasteiger partial charge is 0.265 e. The number of likely N-dealkylation sites (tertiary alicyclic amines) is 1. The normalized spacial score (nSPS) is 23.6. The van der Waals surface area contributed by atoms with E-state index in [1.807, 2.05) is 0 Å². The first kappa shape index (κ1) is 14.9. The first-order valence-corrected chi connectivity index (χ1v) is 7.04. The Morgan fingerprint density at radius 2 is 2.20 bits per heavy atom. The summed E-state index contributed by atoms with van der Waals surface area (Å²) in [6.07, 6.45) is 2.35. The fraction of sp³-hybridized carbons (Fsp3) is 0.533. The van der Waals surface area contributed by atoms with Gasteiger partial charge in [-0.2, -0.15) is 0 Å². The van der Waals surface area contributed by atoms with Gasteiger partial charge in [-0.3, -0.25) is 15.1 Å². The predicted molar refractivity (Wildman–Crippen MR) is 76.3 cm³/mol. The number of nitrogens with two attached hydrogens (primary N) is 1. The molecule has 4 nitrogen and oxygen atoms in total. The number of piperidine rings is 1. The van der Waals surface area contributed by atoms with Crippen LogP contribution in [0, 0.1) is 11.7 Å². The number of amides is 1. The van der Waals surface area contributed by atoms with Crippen molar-refractivity contribution in [3.05, 3.63) is 35.1 Å². The fourth-order valence-electron chi connectivity index (χ4n) is 2.74. The molecule has 1 aliphatic rings. The number of carbonyl (C=O) groups is 1. The van der Waals surface area contributed by atoms with Crippen LogP contribution in [0.5, 0.6) is 0 Å². The third-order valence-electron chi connectivity index (χ3n) is 4.06. The summed E-state index contributed by atoms with van der Waals surface area (Å²) in [5.41, 5.74) is 3.01. The molecule has 1 aromatic rings. The maximum Gasteiger partial charge on any atom is 0.265 e. The molecule has 0 bridgehead atoms. The van der Waals surface area contributed by atoms with Crippen LogP contribution in [-0.4, -0.2) is 23.4 Å². The van der Waals surface area contributed by atoms with Crippen molar-refractivity contribution in [2.75, 3.05) is 6.54 Å². The van der Waals surface area contributed by atoms with Crippen molar-refractivity contribution in [3.8, 4) is 0 Å². The third-order valence-corrected chi connectivity index (χ3v) is 4.06. The summed E-state index contributed by atoms with van der Waals surface area (Å²) in [5.74, 6) is 5.07. The maximum absolute atomic E-state index is 13.9. The van der Waals surface area contributed by atoms with Crippen molar-refractivity contribution in [2.24, 2.45) is 11.8 Å². The lowest BCUT2D eigenvalue weighted by Crippen LogP contribution is -2.40. The molecule has 1 aliphatic heterocycles. The largest absolute Gasteiger partial charge is 0.296 e. The molecule has 0 aromatic heterocycles. The number of nitrogens with one attached hydrogen (secondary N) is 1. The Morgan fingerprint density at radius 3 is 2.90 bits per heavy atom. The lowest BCUT2D eigenvalue weighted by atomic mass is 9.94. The summed E-state index contributed by atoms with van der Waals surface area (Å²) in [7, 11) is 0. The zero-order valence-electron chi connectivity index (χ0n) is 12.0. The Morgan fingerprint density at radius 1 is 1.45 bits per heavy atom. The molecule has 0 saturated carbocycles. The molecule has 2 unspecified atom stereocenters. The molecule has 110 valence electrons. The summed E-state index contributed by atoms with van der Waals surface area (Å²) >= 11 is 0. The van der Waals surface area contributed by atoms with Crippen LogP contribution in [-0.2, 0) is 6.54 Å². The van der Waals surface area contributed by atoms with Gasteiger partial charge in [0.15, 0.2) is 0 Å². The Balaban J connectivity index is 2.17. The zero-order valence-corrected chi connectivity index (χ0v) is 12.0. The van der Waals surface area contributed by atoms with Gasteiger partial charge in [0.2, 0.25) is 0 Å². The average molecular weight is 279 g/mol. The molecular weight excluding hydrogens is 257 g/mol. The van der Waals surface area contributed by atoms with Crippen LogP contribution >= 0.6 is 0 Å². The van der Waals surface area contributed by atoms with E-state index in [4.69, 9.17) is 5.84 Å². The molecule has 3 N–H and O–H groups in total. The summed E-state index contributed by atoms with van der Waals surface area (Å²) in [6, 6.07) is 4.81. The first-order chi connectivity index (χ1) is 9.51. The first-order valence-electron chi connectivity index (χ1n) is 7.04. The minimum atomic E-state index is -0.397. The molecule has 1 heterocycles. The molecule has 1 fully saturated rings. The van der Waals surface area contributed by atoms with Crippen molar-refractivity contribution < 1.29 is 9.18 Å². The average Bonchev–Trinajstić information content (AvgIpc) is 2.44. The van der Waals surface area contributed by atoms with Gasteiger partial charge in [0.05, 0.1) is 0 Å². The van der Waals surface area contributed by atoms with E-state index < -0.39 is 5.91 Å². The van der Waals surface area contributed by atoms with Gasteiger partial charge in [-0.1, -0.05) is 6.92 Å². The quantitative estimate of drug-likeness (QED) is 0.506. The van der Waals surface area contributed by atoms with Crippen molar-refractivity contribution >= 4 is 5.91 Å². The number of nitrogens with zero attached hydrogens (tertiary/aromatic N) is 1. The van der Waals surface area contributed by atoms with Gasteiger partial charge in [0, 0.05) is 30.3 Å². The van der Waals surface area contributed by atoms with Gasteiger partial charge in [-0.05, 0) is 43.9 Å². The molecular formula is C15H22FN3O. The number of nitrogen functional groups attached to an aromatic ring is 1. The van der Waals surface area contributed by atoms with Gasteiger partial charge >= 0.3 is 0 Å². The monoisotopic (exact) mass is 279 g/mol. The van der Waals surface area contributed by atoms with E-state index in [9.17, 15) is 9.18 Å². The molecule has 2 rings (SSSR count). The number of hydrogen-bond donors (Lipinski definition) is 2. The van der Waals surface area contributed by atoms with Crippen molar-refractivity contribution in [3.63, 3.8) is 0 Å². The van der Waals surface area contributed by atoms with E-state index in [1.165, 1.54) is 18.6 Å². The van der Waals surface area contributed by atoms with E-state index >= 15 is 0 Å². The highest BCUT2D eigenvalue weighted by molar-refractivity contribution is 5.93. The molecule has 0 spiro atoms. The third kappa shape index (κ3) is 3.35. The second-order valence-corrected chi connectivity index (χ2v) is 5.74. The number of hydrogen-bond acceptors (Lipinski definition) is 3. The van der Waals surface area contributed by atoms with Gasteiger partial charge in [0.25, 0.3) is 5.91 Å². The highest BCUT2D eigenvalue weighted by Crippen LogP contribution is 2.24. The number of hydrazine groups is 1. The van der Waals surface area contributed by atoms with Gasteiger partial charge in [-0.15, -0.1) is 0 Å². The van der Waals surface area contributed by atoms with Crippen LogP contribution in [0.3, 0.4) is 0 Å². The molecule has 1 saturated heterocycles. The fourth-order valence-corrected chi connectivity index (χ4v) is 2.74. The molecule has 20 heavy (non-hydrogen) atoms. The standard InChI is InChI=1S/C15H22FN3O/c1-10-3-4-11(2)19(8-10)9-13-7-12(15(20)18-17)5-6-14(13)16/h5-7,10-11H,3-4,8-9,17H2,1-2H3,(H,18,20). The number of rotatable bonds is 3. The number of halogens is 1. The van der Waals surface area contributed by atoms with Crippen LogP contribution in [0.25, 0.3) is 0 Å². The van der Waals surface area contributed by atoms with Gasteiger partial charge in [0.1, 0.15) is 5.82 Å². The van der Waals surface area contributed by atoms with Crippen LogP contribution < -0.4 is 11.3 Å². The van der Waals surface area contributed by atoms with Gasteiger partial charge < -0.3 is 0 Å². The van der Waals surface area contributed by atoms with Crippen molar-refractivity contribution in [2.45, 2.75) is 39.3 Å². The van der Waals surface area contributed by atoms with Crippen LogP contribution in [0.15, 0.2) is 18.2 Å². The minimum Gasteiger partial charge on any atom is -0.296 e. The van der Waals surface area contributed by atoms with E-state index in [0.717, 1.165) is 13.0 Å². The highest BCUT2D eigenvalue weighted by Gasteiger charge is 2.23. The SMILES string of the molecule is CC1CCC(C)N(Cc2cc(C(=O)NN)ccc2F)C1. The lowest BCUT2D eigenvalue weighted by Gasteiger charge is -2.36. The van der Waals surface area contributed by atoms with Crippen LogP contribution in [0.1, 0.15) is 42.6 Å². The highest BCUT2D eigenvalue weighted by atomic mass is 19.1. The van der Waals surface area contributed by atoms with E-state index in [1.54, 1.807) is 6.07 Å². The number of benzene rings is 1. The molecule has 5 heteroatoms. The van der Waals surface area contributed by atoms with Gasteiger partial charge in [-0.25, -0.2) is 10.2 Å². The van der Waals surface area contributed by atoms with Crippen molar-refractivity contribution in [1.82, 2.24) is 10.3 Å². The second-order valence-electron chi connectivity index (χ2n) is 5.74. The van der Waals surface area contributed by atoms with Crippen molar-refractivity contribution in [1.29, 1.82) is 0 Å². The molecule has 1 amide bonds. The summed E-state index contributed by atoms with van der Waals surface area (Å²) < 4.78 is 13.9. The lowest BCUT2D eigenvalue weighted by molar-refractivity contribution is 0.0952. The van der Waals surface area contributed by atoms with Crippen LogP contribution in [0.2, 0.25) is 0 Å². The summed E-state index contributed by atoms with van der Waals surface area (Å²) in [5, 5.41) is 0. The Bertz CT molecular complexity index is 492.